The van der Waals surface area contributed by atoms with Gasteiger partial charge >= 0.3 is 0 Å². The van der Waals surface area contributed by atoms with E-state index in [0.29, 0.717) is 6.54 Å². The molecule has 1 aromatic heterocycles. The number of halogens is 3. The zero-order valence-corrected chi connectivity index (χ0v) is 17.3. The van der Waals surface area contributed by atoms with E-state index in [-0.39, 0.29) is 35.6 Å². The van der Waals surface area contributed by atoms with Crippen molar-refractivity contribution in [1.82, 2.24) is 4.98 Å². The van der Waals surface area contributed by atoms with E-state index < -0.39 is 11.6 Å². The van der Waals surface area contributed by atoms with Crippen molar-refractivity contribution in [2.75, 3.05) is 23.3 Å². The third kappa shape index (κ3) is 6.30. The van der Waals surface area contributed by atoms with Gasteiger partial charge in [0.1, 0.15) is 17.5 Å². The van der Waals surface area contributed by atoms with Crippen LogP contribution in [-0.2, 0) is 6.54 Å². The Kier molecular flexibility index (Phi) is 8.21. The first kappa shape index (κ1) is 21.3. The topological polar surface area (TPSA) is 66.5 Å². The summed E-state index contributed by atoms with van der Waals surface area (Å²) in [7, 11) is 0. The molecule has 3 rings (SSSR count). The molecule has 1 aliphatic heterocycles. The Hall–Kier alpha value is -1.97. The fourth-order valence-electron chi connectivity index (χ4n) is 2.94. The van der Waals surface area contributed by atoms with E-state index in [9.17, 15) is 8.78 Å². The van der Waals surface area contributed by atoms with Crippen molar-refractivity contribution in [2.24, 2.45) is 10.7 Å². The quantitative estimate of drug-likeness (QED) is 0.384. The Morgan fingerprint density at radius 2 is 1.85 bits per heavy atom. The van der Waals surface area contributed by atoms with Gasteiger partial charge in [-0.05, 0) is 36.6 Å². The number of hydrogen-bond acceptors (Lipinski definition) is 3. The van der Waals surface area contributed by atoms with Crippen LogP contribution in [-0.4, -0.2) is 24.0 Å². The molecule has 3 N–H and O–H groups in total. The van der Waals surface area contributed by atoms with Crippen molar-refractivity contribution >= 4 is 41.4 Å². The molecule has 0 spiro atoms. The van der Waals surface area contributed by atoms with Gasteiger partial charge in [0.2, 0.25) is 0 Å². The molecule has 1 aromatic carbocycles. The number of guanidine groups is 1. The molecule has 0 aliphatic carbocycles. The second-order valence-electron chi connectivity index (χ2n) is 6.38. The molecule has 8 heteroatoms. The van der Waals surface area contributed by atoms with Crippen LogP contribution in [0.5, 0.6) is 0 Å². The molecule has 0 saturated carbocycles. The van der Waals surface area contributed by atoms with Gasteiger partial charge in [0.05, 0.1) is 12.2 Å². The fourth-order valence-corrected chi connectivity index (χ4v) is 2.94. The van der Waals surface area contributed by atoms with Crippen molar-refractivity contribution in [2.45, 2.75) is 32.2 Å². The van der Waals surface area contributed by atoms with Gasteiger partial charge in [0, 0.05) is 25.4 Å². The molecule has 1 aliphatic rings. The maximum atomic E-state index is 13.6. The predicted octanol–water partition coefficient (Wildman–Crippen LogP) is 4.29. The number of aliphatic imine (C=N–C) groups is 1. The first-order valence-corrected chi connectivity index (χ1v) is 8.84. The Morgan fingerprint density at radius 3 is 2.52 bits per heavy atom. The lowest BCUT2D eigenvalue weighted by Gasteiger charge is -2.21. The summed E-state index contributed by atoms with van der Waals surface area (Å²) in [6.45, 7) is 2.39. The molecule has 1 fully saturated rings. The monoisotopic (exact) mass is 487 g/mol. The van der Waals surface area contributed by atoms with Crippen molar-refractivity contribution in [3.05, 3.63) is 53.7 Å². The van der Waals surface area contributed by atoms with Crippen LogP contribution in [0, 0.1) is 11.6 Å². The minimum absolute atomic E-state index is 0. The molecule has 0 unspecified atom stereocenters. The third-order valence-electron chi connectivity index (χ3n) is 4.36. The fraction of sp³-hybridized carbons (Fsp3) is 0.368. The van der Waals surface area contributed by atoms with Gasteiger partial charge < -0.3 is 16.0 Å². The summed E-state index contributed by atoms with van der Waals surface area (Å²) in [6.07, 6.45) is 6.74. The molecule has 146 valence electrons. The highest BCUT2D eigenvalue weighted by molar-refractivity contribution is 14.0. The Labute approximate surface area is 175 Å². The first-order valence-electron chi connectivity index (χ1n) is 8.84. The zero-order chi connectivity index (χ0) is 18.4. The lowest BCUT2D eigenvalue weighted by Crippen LogP contribution is -2.24. The van der Waals surface area contributed by atoms with E-state index >= 15 is 0 Å². The Bertz CT molecular complexity index is 759. The maximum absolute atomic E-state index is 13.6. The number of nitrogens with two attached hydrogens (primary N) is 1. The first-order chi connectivity index (χ1) is 12.6. The number of benzene rings is 1. The number of aromatic nitrogens is 1. The van der Waals surface area contributed by atoms with Crippen LogP contribution < -0.4 is 16.0 Å². The van der Waals surface area contributed by atoms with Crippen LogP contribution in [0.2, 0.25) is 0 Å². The number of nitrogens with zero attached hydrogens (tertiary/aromatic N) is 3. The summed E-state index contributed by atoms with van der Waals surface area (Å²) in [5, 5.41) is 2.58. The van der Waals surface area contributed by atoms with Gasteiger partial charge in [-0.15, -0.1) is 24.0 Å². The van der Waals surface area contributed by atoms with Gasteiger partial charge in [0.25, 0.3) is 0 Å². The van der Waals surface area contributed by atoms with Gasteiger partial charge in [-0.25, -0.2) is 18.8 Å². The normalized spacial score (nSPS) is 15.0. The molecule has 0 bridgehead atoms. The molecule has 0 radical (unpaired) electrons. The summed E-state index contributed by atoms with van der Waals surface area (Å²) >= 11 is 0. The molecule has 5 nitrogen and oxygen atoms in total. The Morgan fingerprint density at radius 1 is 1.11 bits per heavy atom. The highest BCUT2D eigenvalue weighted by Crippen LogP contribution is 2.18. The second-order valence-corrected chi connectivity index (χ2v) is 6.38. The molecule has 27 heavy (non-hydrogen) atoms. The van der Waals surface area contributed by atoms with Gasteiger partial charge in [-0.2, -0.15) is 0 Å². The third-order valence-corrected chi connectivity index (χ3v) is 4.36. The van der Waals surface area contributed by atoms with E-state index in [1.807, 2.05) is 12.1 Å². The number of pyridine rings is 1. The Balaban J connectivity index is 0.00000261. The minimum Gasteiger partial charge on any atom is -0.370 e. The van der Waals surface area contributed by atoms with E-state index in [1.54, 1.807) is 6.20 Å². The summed E-state index contributed by atoms with van der Waals surface area (Å²) in [4.78, 5) is 11.0. The van der Waals surface area contributed by atoms with E-state index in [1.165, 1.54) is 25.7 Å². The summed E-state index contributed by atoms with van der Waals surface area (Å²) in [5.41, 5.74) is 6.61. The van der Waals surface area contributed by atoms with Crippen LogP contribution in [0.4, 0.5) is 20.3 Å². The SMILES string of the molecule is I.NC(=NCc1ccc(N2CCCCCC2)nc1)Nc1cc(F)ccc1F. The highest BCUT2D eigenvalue weighted by atomic mass is 127. The highest BCUT2D eigenvalue weighted by Gasteiger charge is 2.10. The van der Waals surface area contributed by atoms with Crippen LogP contribution in [0.15, 0.2) is 41.5 Å². The van der Waals surface area contributed by atoms with Crippen molar-refractivity contribution in [1.29, 1.82) is 0 Å². The average molecular weight is 487 g/mol. The predicted molar refractivity (Wildman–Crippen MR) is 116 cm³/mol. The number of anilines is 2. The maximum Gasteiger partial charge on any atom is 0.193 e. The number of rotatable bonds is 4. The molecule has 2 aromatic rings. The van der Waals surface area contributed by atoms with Crippen LogP contribution in [0.25, 0.3) is 0 Å². The smallest absolute Gasteiger partial charge is 0.193 e. The van der Waals surface area contributed by atoms with E-state index in [0.717, 1.165) is 42.7 Å². The lowest BCUT2D eigenvalue weighted by atomic mass is 10.2. The van der Waals surface area contributed by atoms with Crippen molar-refractivity contribution in [3.8, 4) is 0 Å². The summed E-state index contributed by atoms with van der Waals surface area (Å²) in [6, 6.07) is 7.08. The van der Waals surface area contributed by atoms with Crippen LogP contribution in [0.1, 0.15) is 31.2 Å². The largest absolute Gasteiger partial charge is 0.370 e. The van der Waals surface area contributed by atoms with Gasteiger partial charge in [-0.1, -0.05) is 18.9 Å². The number of nitrogens with one attached hydrogen (secondary N) is 1. The molecule has 1 saturated heterocycles. The van der Waals surface area contributed by atoms with E-state index in [4.69, 9.17) is 5.73 Å². The lowest BCUT2D eigenvalue weighted by molar-refractivity contribution is 0.604. The second kappa shape index (κ2) is 10.4. The molecular weight excluding hydrogens is 463 g/mol. The summed E-state index contributed by atoms with van der Waals surface area (Å²) < 4.78 is 26.8. The van der Waals surface area contributed by atoms with Gasteiger partial charge in [0.15, 0.2) is 5.96 Å². The van der Waals surface area contributed by atoms with Crippen molar-refractivity contribution in [3.63, 3.8) is 0 Å². The molecule has 2 heterocycles. The molecule has 0 amide bonds. The minimum atomic E-state index is -0.590. The van der Waals surface area contributed by atoms with Crippen molar-refractivity contribution < 1.29 is 8.78 Å². The summed E-state index contributed by atoms with van der Waals surface area (Å²) in [5.74, 6) is -0.137. The van der Waals surface area contributed by atoms with Gasteiger partial charge in [-0.3, -0.25) is 0 Å². The number of hydrogen-bond donors (Lipinski definition) is 2. The van der Waals surface area contributed by atoms with Crippen LogP contribution >= 0.6 is 24.0 Å². The molecule has 0 atom stereocenters. The molecular formula is C19H24F2IN5. The van der Waals surface area contributed by atoms with E-state index in [2.05, 4.69) is 20.2 Å². The average Bonchev–Trinajstić information content (AvgIpc) is 2.93. The standard InChI is InChI=1S/C19H23F2N5.HI/c20-15-6-7-16(21)17(11-15)25-19(22)24-13-14-5-8-18(23-12-14)26-9-3-1-2-4-10-26;/h5-8,11-12H,1-4,9-10,13H2,(H3,22,24,25);1H. The zero-order valence-electron chi connectivity index (χ0n) is 15.0. The van der Waals surface area contributed by atoms with Crippen LogP contribution in [0.3, 0.4) is 0 Å².